The topological polar surface area (TPSA) is 108 Å². The minimum Gasteiger partial charge on any atom is -0.489 e. The lowest BCUT2D eigenvalue weighted by Gasteiger charge is -2.10. The molecule has 2 aromatic heterocycles. The maximum atomic E-state index is 12.1. The average molecular weight is 379 g/mol. The van der Waals surface area contributed by atoms with E-state index in [9.17, 15) is 10.1 Å². The number of esters is 1. The third-order valence-electron chi connectivity index (χ3n) is 4.56. The number of hydrogen-bond donors (Lipinski definition) is 1. The lowest BCUT2D eigenvalue weighted by molar-refractivity contribution is 0.0593. The quantitative estimate of drug-likeness (QED) is 0.660. The Morgan fingerprint density at radius 3 is 2.61 bits per heavy atom. The first-order valence-electron chi connectivity index (χ1n) is 8.73. The summed E-state index contributed by atoms with van der Waals surface area (Å²) in [5.74, 6) is 0.0652. The fourth-order valence-electron chi connectivity index (χ4n) is 2.93. The van der Waals surface area contributed by atoms with Crippen LogP contribution in [0.1, 0.15) is 34.2 Å². The van der Waals surface area contributed by atoms with Crippen molar-refractivity contribution in [2.45, 2.75) is 27.0 Å². The van der Waals surface area contributed by atoms with Gasteiger partial charge in [-0.15, -0.1) is 0 Å². The molecule has 2 heterocycles. The van der Waals surface area contributed by atoms with Crippen LogP contribution in [0.25, 0.3) is 5.69 Å². The van der Waals surface area contributed by atoms with Crippen molar-refractivity contribution in [2.24, 2.45) is 0 Å². The molecule has 8 nitrogen and oxygen atoms in total. The van der Waals surface area contributed by atoms with E-state index in [4.69, 9.17) is 15.2 Å². The van der Waals surface area contributed by atoms with E-state index >= 15 is 0 Å². The lowest BCUT2D eigenvalue weighted by Crippen LogP contribution is -2.11. The Hall–Kier alpha value is -3.73. The maximum Gasteiger partial charge on any atom is 0.357 e. The summed E-state index contributed by atoms with van der Waals surface area (Å²) in [5.41, 5.74) is 9.11. The molecule has 144 valence electrons. The van der Waals surface area contributed by atoms with Crippen molar-refractivity contribution < 1.29 is 14.3 Å². The number of nitrogens with two attached hydrogens (primary N) is 1. The highest BCUT2D eigenvalue weighted by Crippen LogP contribution is 2.26. The Balaban J connectivity index is 1.82. The lowest BCUT2D eigenvalue weighted by atomic mass is 10.2. The highest BCUT2D eigenvalue weighted by atomic mass is 16.5. The summed E-state index contributed by atoms with van der Waals surface area (Å²) in [6, 6.07) is 9.13. The molecule has 0 aliphatic carbocycles. The number of anilines is 1. The molecule has 0 unspecified atom stereocenters. The van der Waals surface area contributed by atoms with E-state index in [2.05, 4.69) is 5.10 Å². The number of ether oxygens (including phenoxy) is 2. The van der Waals surface area contributed by atoms with Crippen molar-refractivity contribution >= 4 is 11.7 Å². The number of hydrogen-bond acceptors (Lipinski definition) is 6. The Morgan fingerprint density at radius 2 is 2.04 bits per heavy atom. The third kappa shape index (κ3) is 3.42. The molecule has 0 fully saturated rings. The normalized spacial score (nSPS) is 10.5. The first-order valence-corrected chi connectivity index (χ1v) is 8.73. The van der Waals surface area contributed by atoms with E-state index in [-0.39, 0.29) is 16.9 Å². The van der Waals surface area contributed by atoms with Crippen molar-refractivity contribution in [1.82, 2.24) is 14.3 Å². The number of nitriles is 1. The van der Waals surface area contributed by atoms with Gasteiger partial charge in [-0.3, -0.25) is 4.68 Å². The largest absolute Gasteiger partial charge is 0.489 e. The molecule has 0 spiro atoms. The standard InChI is InChI=1S/C20H21N5O3/c1-4-25-13(2)15(10-23-25)12-28-17-7-5-16(6-8-17)24-11-14(9-21)18(22)19(24)20(26)27-3/h5-8,10-11H,4,12,22H2,1-3H3. The molecule has 0 aliphatic heterocycles. The molecule has 0 saturated heterocycles. The fraction of sp³-hybridized carbons (Fsp3) is 0.250. The van der Waals surface area contributed by atoms with Gasteiger partial charge >= 0.3 is 5.97 Å². The molecule has 0 saturated carbocycles. The first-order chi connectivity index (χ1) is 13.5. The van der Waals surface area contributed by atoms with Crippen molar-refractivity contribution in [3.05, 3.63) is 59.2 Å². The molecular weight excluding hydrogens is 358 g/mol. The zero-order chi connectivity index (χ0) is 20.3. The molecule has 1 aromatic carbocycles. The second kappa shape index (κ2) is 7.88. The van der Waals surface area contributed by atoms with Gasteiger partial charge in [-0.1, -0.05) is 0 Å². The zero-order valence-electron chi connectivity index (χ0n) is 16.0. The van der Waals surface area contributed by atoms with Crippen LogP contribution in [-0.4, -0.2) is 27.4 Å². The molecule has 2 N–H and O–H groups in total. The molecule has 3 aromatic rings. The van der Waals surface area contributed by atoms with Crippen LogP contribution in [0.15, 0.2) is 36.7 Å². The number of carbonyl (C=O) groups excluding carboxylic acids is 1. The summed E-state index contributed by atoms with van der Waals surface area (Å²) in [5, 5.41) is 13.5. The monoisotopic (exact) mass is 379 g/mol. The number of aryl methyl sites for hydroxylation is 1. The van der Waals surface area contributed by atoms with Crippen LogP contribution in [0.2, 0.25) is 0 Å². The van der Waals surface area contributed by atoms with Crippen LogP contribution in [0, 0.1) is 18.3 Å². The summed E-state index contributed by atoms with van der Waals surface area (Å²) < 4.78 is 14.1. The predicted molar refractivity (Wildman–Crippen MR) is 103 cm³/mol. The Labute approximate surface area is 162 Å². The number of carbonyl (C=O) groups is 1. The summed E-state index contributed by atoms with van der Waals surface area (Å²) in [6.07, 6.45) is 3.32. The Bertz CT molecular complexity index is 1040. The summed E-state index contributed by atoms with van der Waals surface area (Å²) >= 11 is 0. The van der Waals surface area contributed by atoms with Gasteiger partial charge in [0.05, 0.1) is 24.6 Å². The van der Waals surface area contributed by atoms with Crippen molar-refractivity contribution in [1.29, 1.82) is 5.26 Å². The van der Waals surface area contributed by atoms with Crippen LogP contribution in [0.4, 0.5) is 5.69 Å². The summed E-state index contributed by atoms with van der Waals surface area (Å²) in [4.78, 5) is 12.1. The van der Waals surface area contributed by atoms with Gasteiger partial charge in [0, 0.05) is 29.7 Å². The van der Waals surface area contributed by atoms with Crippen LogP contribution in [-0.2, 0) is 17.9 Å². The van der Waals surface area contributed by atoms with E-state index in [1.807, 2.05) is 30.8 Å². The van der Waals surface area contributed by atoms with Crippen molar-refractivity contribution in [3.63, 3.8) is 0 Å². The number of methoxy groups -OCH3 is 1. The maximum absolute atomic E-state index is 12.1. The number of aromatic nitrogens is 3. The van der Waals surface area contributed by atoms with E-state index in [0.717, 1.165) is 17.8 Å². The number of nitrogen functional groups attached to an aromatic ring is 1. The molecule has 3 rings (SSSR count). The van der Waals surface area contributed by atoms with Gasteiger partial charge in [-0.2, -0.15) is 10.4 Å². The van der Waals surface area contributed by atoms with Crippen molar-refractivity contribution in [2.75, 3.05) is 12.8 Å². The molecule has 28 heavy (non-hydrogen) atoms. The minimum atomic E-state index is -0.609. The number of rotatable bonds is 6. The predicted octanol–water partition coefficient (Wildman–Crippen LogP) is 2.82. The highest BCUT2D eigenvalue weighted by Gasteiger charge is 2.21. The number of nitrogens with zero attached hydrogens (tertiary/aromatic N) is 4. The van der Waals surface area contributed by atoms with E-state index in [1.54, 1.807) is 28.8 Å². The second-order valence-corrected chi connectivity index (χ2v) is 6.13. The molecule has 8 heteroatoms. The van der Waals surface area contributed by atoms with Gasteiger partial charge in [0.1, 0.15) is 18.4 Å². The van der Waals surface area contributed by atoms with Gasteiger partial charge < -0.3 is 19.8 Å². The number of benzene rings is 1. The van der Waals surface area contributed by atoms with Crippen molar-refractivity contribution in [3.8, 4) is 17.5 Å². The van der Waals surface area contributed by atoms with Gasteiger partial charge in [-0.25, -0.2) is 4.79 Å². The average Bonchev–Trinajstić information content (AvgIpc) is 3.25. The van der Waals surface area contributed by atoms with Gasteiger partial charge in [-0.05, 0) is 38.1 Å². The smallest absolute Gasteiger partial charge is 0.357 e. The summed E-state index contributed by atoms with van der Waals surface area (Å²) in [7, 11) is 1.27. The van der Waals surface area contributed by atoms with Crippen LogP contribution in [0.5, 0.6) is 5.75 Å². The minimum absolute atomic E-state index is 0.0955. The Morgan fingerprint density at radius 1 is 1.32 bits per heavy atom. The van der Waals surface area contributed by atoms with Gasteiger partial charge in [0.15, 0.2) is 5.69 Å². The highest BCUT2D eigenvalue weighted by molar-refractivity contribution is 5.95. The third-order valence-corrected chi connectivity index (χ3v) is 4.56. The fourth-order valence-corrected chi connectivity index (χ4v) is 2.93. The van der Waals surface area contributed by atoms with E-state index in [1.165, 1.54) is 13.3 Å². The SMILES string of the molecule is CCn1ncc(COc2ccc(-n3cc(C#N)c(N)c3C(=O)OC)cc2)c1C. The molecular formula is C20H21N5O3. The molecule has 0 amide bonds. The van der Waals surface area contributed by atoms with Crippen LogP contribution in [0.3, 0.4) is 0 Å². The molecule has 0 radical (unpaired) electrons. The Kier molecular flexibility index (Phi) is 5.36. The first kappa shape index (κ1) is 19.0. The van der Waals surface area contributed by atoms with Crippen LogP contribution >= 0.6 is 0 Å². The summed E-state index contributed by atoms with van der Waals surface area (Å²) in [6.45, 7) is 5.27. The molecule has 0 bridgehead atoms. The van der Waals surface area contributed by atoms with Gasteiger partial charge in [0.25, 0.3) is 0 Å². The van der Waals surface area contributed by atoms with Crippen LogP contribution < -0.4 is 10.5 Å². The van der Waals surface area contributed by atoms with Gasteiger partial charge in [0.2, 0.25) is 0 Å². The molecule has 0 aliphatic rings. The second-order valence-electron chi connectivity index (χ2n) is 6.13. The van der Waals surface area contributed by atoms with E-state index < -0.39 is 5.97 Å². The zero-order valence-corrected chi connectivity index (χ0v) is 16.0. The van der Waals surface area contributed by atoms with E-state index in [0.29, 0.717) is 18.0 Å². The molecule has 0 atom stereocenters.